The number of ether oxygens (including phenoxy) is 1. The lowest BCUT2D eigenvalue weighted by Crippen LogP contribution is -2.47. The van der Waals surface area contributed by atoms with Gasteiger partial charge >= 0.3 is 6.09 Å². The second kappa shape index (κ2) is 6.95. The van der Waals surface area contributed by atoms with Crippen molar-refractivity contribution in [2.45, 2.75) is 51.2 Å². The van der Waals surface area contributed by atoms with Gasteiger partial charge in [0.15, 0.2) is 5.78 Å². The number of rotatable bonds is 3. The molecule has 0 aromatic heterocycles. The first-order chi connectivity index (χ1) is 10.7. The van der Waals surface area contributed by atoms with Gasteiger partial charge in [0.25, 0.3) is 0 Å². The van der Waals surface area contributed by atoms with Crippen molar-refractivity contribution < 1.29 is 14.3 Å². The van der Waals surface area contributed by atoms with E-state index in [4.69, 9.17) is 4.74 Å². The van der Waals surface area contributed by atoms with Crippen LogP contribution in [0.1, 0.15) is 44.1 Å². The van der Waals surface area contributed by atoms with E-state index in [0.29, 0.717) is 18.3 Å². The molecule has 2 fully saturated rings. The van der Waals surface area contributed by atoms with Crippen LogP contribution in [-0.2, 0) is 16.1 Å². The number of alkyl carbamates (subject to hydrolysis) is 1. The van der Waals surface area contributed by atoms with Crippen LogP contribution in [0.5, 0.6) is 0 Å². The smallest absolute Gasteiger partial charge is 0.408 e. The van der Waals surface area contributed by atoms with Crippen molar-refractivity contribution in [3.05, 3.63) is 35.9 Å². The number of carbonyl (C=O) groups excluding carboxylic acids is 2. The largest absolute Gasteiger partial charge is 0.445 e. The predicted molar refractivity (Wildman–Crippen MR) is 83.2 cm³/mol. The molecule has 2 aliphatic rings. The number of amides is 1. The molecule has 2 saturated carbocycles. The number of nitrogens with one attached hydrogen (secondary N) is 1. The molecule has 1 amide bonds. The summed E-state index contributed by atoms with van der Waals surface area (Å²) in [5, 5.41) is 2.76. The molecule has 2 aliphatic carbocycles. The number of carbonyl (C=O) groups is 2. The van der Waals surface area contributed by atoms with Gasteiger partial charge in [0.1, 0.15) is 6.61 Å². The van der Waals surface area contributed by atoms with Crippen LogP contribution in [0.15, 0.2) is 30.3 Å². The molecule has 1 aromatic rings. The minimum absolute atomic E-state index is 0.166. The lowest BCUT2D eigenvalue weighted by Gasteiger charge is -2.38. The molecule has 0 aliphatic heterocycles. The van der Waals surface area contributed by atoms with Crippen LogP contribution in [0.3, 0.4) is 0 Å². The minimum atomic E-state index is -0.489. The lowest BCUT2D eigenvalue weighted by atomic mass is 9.69. The quantitative estimate of drug-likeness (QED) is 0.930. The summed E-state index contributed by atoms with van der Waals surface area (Å²) in [6.07, 6.45) is 5.76. The topological polar surface area (TPSA) is 55.4 Å². The molecule has 3 rings (SSSR count). The highest BCUT2D eigenvalue weighted by Crippen LogP contribution is 2.39. The van der Waals surface area contributed by atoms with E-state index in [0.717, 1.165) is 12.0 Å². The van der Waals surface area contributed by atoms with Crippen LogP contribution < -0.4 is 5.32 Å². The fraction of sp³-hybridized carbons (Fsp3) is 0.556. The molecule has 0 bridgehead atoms. The van der Waals surface area contributed by atoms with E-state index in [1.807, 2.05) is 30.3 Å². The fourth-order valence-corrected chi connectivity index (χ4v) is 3.74. The zero-order valence-electron chi connectivity index (χ0n) is 12.8. The van der Waals surface area contributed by atoms with Crippen LogP contribution in [0, 0.1) is 11.8 Å². The van der Waals surface area contributed by atoms with Crippen molar-refractivity contribution in [1.82, 2.24) is 5.32 Å². The summed E-state index contributed by atoms with van der Waals surface area (Å²) < 4.78 is 5.21. The van der Waals surface area contributed by atoms with Gasteiger partial charge in [-0.2, -0.15) is 0 Å². The third-order valence-electron chi connectivity index (χ3n) is 4.96. The maximum atomic E-state index is 12.2. The first-order valence-corrected chi connectivity index (χ1v) is 8.22. The number of hydrogen-bond donors (Lipinski definition) is 1. The van der Waals surface area contributed by atoms with Crippen molar-refractivity contribution >= 4 is 11.9 Å². The molecule has 4 nitrogen and oxygen atoms in total. The Morgan fingerprint density at radius 3 is 2.64 bits per heavy atom. The molecule has 0 saturated heterocycles. The van der Waals surface area contributed by atoms with Gasteiger partial charge in [-0.3, -0.25) is 4.79 Å². The normalized spacial score (nSPS) is 27.8. The summed E-state index contributed by atoms with van der Waals surface area (Å²) >= 11 is 0. The molecule has 3 atom stereocenters. The Morgan fingerprint density at radius 1 is 1.14 bits per heavy atom. The summed E-state index contributed by atoms with van der Waals surface area (Å²) in [7, 11) is 0. The van der Waals surface area contributed by atoms with Crippen LogP contribution in [0.2, 0.25) is 0 Å². The lowest BCUT2D eigenvalue weighted by molar-refractivity contribution is -0.125. The van der Waals surface area contributed by atoms with Crippen molar-refractivity contribution in [3.63, 3.8) is 0 Å². The van der Waals surface area contributed by atoms with Crippen molar-refractivity contribution in [1.29, 1.82) is 0 Å². The standard InChI is InChI=1S/C18H23NO3/c20-17-11-15-9-5-4-8-14(15)10-16(17)19-18(21)22-12-13-6-2-1-3-7-13/h1-3,6-7,14-16H,4-5,8-12H2,(H,19,21)/t14-,15+,16-/m1/s1. The number of hydrogen-bond acceptors (Lipinski definition) is 3. The van der Waals surface area contributed by atoms with E-state index in [-0.39, 0.29) is 18.4 Å². The number of benzene rings is 1. The monoisotopic (exact) mass is 301 g/mol. The number of ketones is 1. The van der Waals surface area contributed by atoms with Gasteiger partial charge in [-0.25, -0.2) is 4.79 Å². The molecule has 0 heterocycles. The summed E-state index contributed by atoms with van der Waals surface area (Å²) in [5.74, 6) is 1.30. The van der Waals surface area contributed by atoms with E-state index in [1.54, 1.807) is 0 Å². The molecule has 1 aromatic carbocycles. The van der Waals surface area contributed by atoms with E-state index < -0.39 is 6.09 Å². The van der Waals surface area contributed by atoms with Gasteiger partial charge in [0, 0.05) is 6.42 Å². The van der Waals surface area contributed by atoms with E-state index in [1.165, 1.54) is 25.7 Å². The molecular weight excluding hydrogens is 278 g/mol. The first-order valence-electron chi connectivity index (χ1n) is 8.22. The number of fused-ring (bicyclic) bond motifs is 1. The molecule has 1 N–H and O–H groups in total. The Hall–Kier alpha value is -1.84. The third-order valence-corrected chi connectivity index (χ3v) is 4.96. The van der Waals surface area contributed by atoms with Crippen LogP contribution >= 0.6 is 0 Å². The van der Waals surface area contributed by atoms with Crippen LogP contribution in [-0.4, -0.2) is 17.9 Å². The molecule has 22 heavy (non-hydrogen) atoms. The van der Waals surface area contributed by atoms with E-state index >= 15 is 0 Å². The van der Waals surface area contributed by atoms with Gasteiger partial charge in [0.2, 0.25) is 0 Å². The van der Waals surface area contributed by atoms with Crippen LogP contribution in [0.4, 0.5) is 4.79 Å². The molecule has 4 heteroatoms. The molecule has 0 radical (unpaired) electrons. The summed E-state index contributed by atoms with van der Waals surface area (Å²) in [6.45, 7) is 0.236. The minimum Gasteiger partial charge on any atom is -0.445 e. The molecular formula is C18H23NO3. The van der Waals surface area contributed by atoms with Gasteiger partial charge in [-0.15, -0.1) is 0 Å². The Labute approximate surface area is 131 Å². The van der Waals surface area contributed by atoms with Gasteiger partial charge < -0.3 is 10.1 Å². The maximum absolute atomic E-state index is 12.2. The van der Waals surface area contributed by atoms with Gasteiger partial charge in [-0.1, -0.05) is 49.6 Å². The fourth-order valence-electron chi connectivity index (χ4n) is 3.74. The third kappa shape index (κ3) is 3.67. The SMILES string of the molecule is O=C(N[C@@H]1C[C@H]2CCCC[C@H]2CC1=O)OCc1ccccc1. The zero-order valence-corrected chi connectivity index (χ0v) is 12.8. The molecule has 0 spiro atoms. The second-order valence-electron chi connectivity index (χ2n) is 6.47. The van der Waals surface area contributed by atoms with Crippen molar-refractivity contribution in [3.8, 4) is 0 Å². The highest BCUT2D eigenvalue weighted by molar-refractivity contribution is 5.88. The highest BCUT2D eigenvalue weighted by atomic mass is 16.5. The average Bonchev–Trinajstić information content (AvgIpc) is 2.55. The Kier molecular flexibility index (Phi) is 4.76. The molecule has 118 valence electrons. The Morgan fingerprint density at radius 2 is 1.86 bits per heavy atom. The summed E-state index contributed by atoms with van der Waals surface area (Å²) in [6, 6.07) is 9.19. The molecule has 0 unspecified atom stereocenters. The highest BCUT2D eigenvalue weighted by Gasteiger charge is 2.37. The van der Waals surface area contributed by atoms with Gasteiger partial charge in [-0.05, 0) is 30.2 Å². The van der Waals surface area contributed by atoms with Gasteiger partial charge in [0.05, 0.1) is 6.04 Å². The summed E-state index contributed by atoms with van der Waals surface area (Å²) in [4.78, 5) is 24.1. The van der Waals surface area contributed by atoms with Crippen molar-refractivity contribution in [2.24, 2.45) is 11.8 Å². The average molecular weight is 301 g/mol. The maximum Gasteiger partial charge on any atom is 0.408 e. The second-order valence-corrected chi connectivity index (χ2v) is 6.47. The Balaban J connectivity index is 1.49. The zero-order chi connectivity index (χ0) is 15.4. The number of Topliss-reactive ketones (excluding diaryl/α,β-unsaturated/α-hetero) is 1. The predicted octanol–water partition coefficient (Wildman–Crippen LogP) is 3.45. The van der Waals surface area contributed by atoms with Crippen LogP contribution in [0.25, 0.3) is 0 Å². The van der Waals surface area contributed by atoms with E-state index in [9.17, 15) is 9.59 Å². The van der Waals surface area contributed by atoms with E-state index in [2.05, 4.69) is 5.32 Å². The summed E-state index contributed by atoms with van der Waals surface area (Å²) in [5.41, 5.74) is 0.944. The first kappa shape index (κ1) is 15.1. The van der Waals surface area contributed by atoms with Crippen molar-refractivity contribution in [2.75, 3.05) is 0 Å². The Bertz CT molecular complexity index is 528.